The summed E-state index contributed by atoms with van der Waals surface area (Å²) in [5, 5.41) is 2.87. The fourth-order valence-electron chi connectivity index (χ4n) is 2.47. The third-order valence-corrected chi connectivity index (χ3v) is 3.73. The molecule has 1 amide bonds. The van der Waals surface area contributed by atoms with Crippen LogP contribution in [-0.2, 0) is 10.2 Å². The van der Waals surface area contributed by atoms with E-state index < -0.39 is 5.41 Å². The van der Waals surface area contributed by atoms with Crippen LogP contribution < -0.4 is 5.32 Å². The summed E-state index contributed by atoms with van der Waals surface area (Å²) in [4.78, 5) is 16.5. The van der Waals surface area contributed by atoms with E-state index in [-0.39, 0.29) is 11.7 Å². The molecule has 0 radical (unpaired) electrons. The van der Waals surface area contributed by atoms with Crippen LogP contribution in [0.15, 0.2) is 42.6 Å². The Balaban J connectivity index is 1.86. The summed E-state index contributed by atoms with van der Waals surface area (Å²) >= 11 is 0. The number of rotatable bonds is 3. The van der Waals surface area contributed by atoms with Crippen LogP contribution in [0.3, 0.4) is 0 Å². The lowest BCUT2D eigenvalue weighted by Crippen LogP contribution is -2.28. The van der Waals surface area contributed by atoms with E-state index in [0.29, 0.717) is 24.1 Å². The number of amides is 1. The summed E-state index contributed by atoms with van der Waals surface area (Å²) in [6.07, 6.45) is 3.02. The third kappa shape index (κ3) is 2.18. The van der Waals surface area contributed by atoms with Crippen molar-refractivity contribution in [3.05, 3.63) is 59.7 Å². The molecule has 0 aliphatic heterocycles. The monoisotopic (exact) mass is 270 g/mol. The second-order valence-electron chi connectivity index (χ2n) is 5.20. The number of halogens is 1. The van der Waals surface area contributed by atoms with Gasteiger partial charge in [0.1, 0.15) is 5.82 Å². The van der Waals surface area contributed by atoms with Crippen LogP contribution in [0.2, 0.25) is 0 Å². The molecular weight excluding hydrogens is 255 g/mol. The van der Waals surface area contributed by atoms with E-state index in [1.54, 1.807) is 36.5 Å². The Labute approximate surface area is 116 Å². The van der Waals surface area contributed by atoms with E-state index in [2.05, 4.69) is 10.3 Å². The number of aromatic nitrogens is 1. The number of nitrogens with zero attached hydrogens (tertiary/aromatic N) is 1. The van der Waals surface area contributed by atoms with Crippen molar-refractivity contribution in [3.63, 3.8) is 0 Å². The highest BCUT2D eigenvalue weighted by Crippen LogP contribution is 2.49. The fourth-order valence-corrected chi connectivity index (χ4v) is 2.47. The zero-order valence-corrected chi connectivity index (χ0v) is 11.2. The molecule has 1 aliphatic rings. The van der Waals surface area contributed by atoms with Gasteiger partial charge in [0.25, 0.3) is 0 Å². The minimum Gasteiger partial charge on any atom is -0.325 e. The number of nitrogens with one attached hydrogen (secondary N) is 1. The molecule has 0 unspecified atom stereocenters. The standard InChI is InChI=1S/C16H15FN2O/c1-11-10-12(6-9-18-11)19-15(20)16(7-8-16)13-4-2-3-5-14(13)17/h2-6,9-10H,7-8H2,1H3,(H,18,19,20). The summed E-state index contributed by atoms with van der Waals surface area (Å²) in [7, 11) is 0. The summed E-state index contributed by atoms with van der Waals surface area (Å²) in [5.41, 5.74) is 1.31. The second-order valence-corrected chi connectivity index (χ2v) is 5.20. The number of benzene rings is 1. The zero-order valence-electron chi connectivity index (χ0n) is 11.2. The van der Waals surface area contributed by atoms with Crippen molar-refractivity contribution in [2.45, 2.75) is 25.2 Å². The predicted octanol–water partition coefficient (Wildman–Crippen LogP) is 3.20. The van der Waals surface area contributed by atoms with Crippen molar-refractivity contribution in [3.8, 4) is 0 Å². The quantitative estimate of drug-likeness (QED) is 0.930. The van der Waals surface area contributed by atoms with E-state index in [4.69, 9.17) is 0 Å². The van der Waals surface area contributed by atoms with Gasteiger partial charge in [-0.1, -0.05) is 18.2 Å². The molecule has 102 valence electrons. The number of hydrogen-bond acceptors (Lipinski definition) is 2. The molecule has 4 heteroatoms. The first-order valence-corrected chi connectivity index (χ1v) is 6.61. The first-order chi connectivity index (χ1) is 9.62. The van der Waals surface area contributed by atoms with Crippen LogP contribution in [-0.4, -0.2) is 10.9 Å². The molecule has 1 N–H and O–H groups in total. The number of anilines is 1. The highest BCUT2D eigenvalue weighted by atomic mass is 19.1. The number of carbonyl (C=O) groups is 1. The number of aryl methyl sites for hydroxylation is 1. The van der Waals surface area contributed by atoms with E-state index in [0.717, 1.165) is 5.69 Å². The average Bonchev–Trinajstić information content (AvgIpc) is 3.21. The van der Waals surface area contributed by atoms with Crippen molar-refractivity contribution >= 4 is 11.6 Å². The topological polar surface area (TPSA) is 42.0 Å². The van der Waals surface area contributed by atoms with Gasteiger partial charge in [0.2, 0.25) is 5.91 Å². The molecular formula is C16H15FN2O. The molecule has 1 aromatic carbocycles. The first-order valence-electron chi connectivity index (χ1n) is 6.61. The van der Waals surface area contributed by atoms with Gasteiger partial charge in [-0.2, -0.15) is 0 Å². The van der Waals surface area contributed by atoms with Crippen LogP contribution in [0, 0.1) is 12.7 Å². The van der Waals surface area contributed by atoms with Crippen molar-refractivity contribution in [1.82, 2.24) is 4.98 Å². The fraction of sp³-hybridized carbons (Fsp3) is 0.250. The molecule has 20 heavy (non-hydrogen) atoms. The summed E-state index contributed by atoms with van der Waals surface area (Å²) in [6.45, 7) is 1.86. The third-order valence-electron chi connectivity index (χ3n) is 3.73. The van der Waals surface area contributed by atoms with Crippen LogP contribution in [0.4, 0.5) is 10.1 Å². The van der Waals surface area contributed by atoms with Crippen molar-refractivity contribution in [1.29, 1.82) is 0 Å². The predicted molar refractivity (Wildman–Crippen MR) is 74.9 cm³/mol. The highest BCUT2D eigenvalue weighted by Gasteiger charge is 2.52. The van der Waals surface area contributed by atoms with Crippen LogP contribution >= 0.6 is 0 Å². The van der Waals surface area contributed by atoms with E-state index in [9.17, 15) is 9.18 Å². The smallest absolute Gasteiger partial charge is 0.235 e. The molecule has 1 aromatic heterocycles. The maximum absolute atomic E-state index is 13.9. The Kier molecular flexibility index (Phi) is 3.01. The lowest BCUT2D eigenvalue weighted by atomic mass is 9.94. The van der Waals surface area contributed by atoms with Crippen LogP contribution in [0.1, 0.15) is 24.1 Å². The molecule has 1 heterocycles. The lowest BCUT2D eigenvalue weighted by Gasteiger charge is -2.16. The van der Waals surface area contributed by atoms with Gasteiger partial charge in [-0.3, -0.25) is 9.78 Å². The van der Waals surface area contributed by atoms with E-state index >= 15 is 0 Å². The molecule has 0 bridgehead atoms. The molecule has 3 rings (SSSR count). The van der Waals surface area contributed by atoms with Gasteiger partial charge in [0.15, 0.2) is 0 Å². The Hall–Kier alpha value is -2.23. The largest absolute Gasteiger partial charge is 0.325 e. The summed E-state index contributed by atoms with van der Waals surface area (Å²) in [6, 6.07) is 10.0. The number of hydrogen-bond donors (Lipinski definition) is 1. The van der Waals surface area contributed by atoms with Gasteiger partial charge in [-0.25, -0.2) is 4.39 Å². The van der Waals surface area contributed by atoms with Crippen molar-refractivity contribution in [2.24, 2.45) is 0 Å². The summed E-state index contributed by atoms with van der Waals surface area (Å²) < 4.78 is 13.9. The number of pyridine rings is 1. The Bertz CT molecular complexity index is 665. The van der Waals surface area contributed by atoms with Crippen LogP contribution in [0.25, 0.3) is 0 Å². The molecule has 0 saturated heterocycles. The maximum Gasteiger partial charge on any atom is 0.235 e. The molecule has 0 atom stereocenters. The second kappa shape index (κ2) is 4.71. The molecule has 1 fully saturated rings. The zero-order chi connectivity index (χ0) is 14.2. The normalized spacial score (nSPS) is 15.7. The minimum absolute atomic E-state index is 0.145. The van der Waals surface area contributed by atoms with E-state index in [1.807, 2.05) is 6.92 Å². The van der Waals surface area contributed by atoms with Gasteiger partial charge in [-0.15, -0.1) is 0 Å². The van der Waals surface area contributed by atoms with Crippen molar-refractivity contribution < 1.29 is 9.18 Å². The highest BCUT2D eigenvalue weighted by molar-refractivity contribution is 6.01. The number of carbonyl (C=O) groups excluding carboxylic acids is 1. The minimum atomic E-state index is -0.706. The van der Waals surface area contributed by atoms with Crippen LogP contribution in [0.5, 0.6) is 0 Å². The molecule has 0 spiro atoms. The Morgan fingerprint density at radius 2 is 2.05 bits per heavy atom. The maximum atomic E-state index is 13.9. The van der Waals surface area contributed by atoms with Gasteiger partial charge >= 0.3 is 0 Å². The van der Waals surface area contributed by atoms with Gasteiger partial charge < -0.3 is 5.32 Å². The van der Waals surface area contributed by atoms with Gasteiger partial charge in [-0.05, 0) is 38.0 Å². The first kappa shape index (κ1) is 12.8. The molecule has 1 aliphatic carbocycles. The lowest BCUT2D eigenvalue weighted by molar-refractivity contribution is -0.118. The SMILES string of the molecule is Cc1cc(NC(=O)C2(c3ccccc3F)CC2)ccn1. The average molecular weight is 270 g/mol. The van der Waals surface area contributed by atoms with E-state index in [1.165, 1.54) is 6.07 Å². The molecule has 3 nitrogen and oxygen atoms in total. The van der Waals surface area contributed by atoms with Crippen molar-refractivity contribution in [2.75, 3.05) is 5.32 Å². The Morgan fingerprint density at radius 3 is 2.70 bits per heavy atom. The van der Waals surface area contributed by atoms with Gasteiger partial charge in [0, 0.05) is 23.1 Å². The Morgan fingerprint density at radius 1 is 1.30 bits per heavy atom. The molecule has 2 aromatic rings. The summed E-state index contributed by atoms with van der Waals surface area (Å²) in [5.74, 6) is -0.459. The van der Waals surface area contributed by atoms with Gasteiger partial charge in [0.05, 0.1) is 5.41 Å². The molecule has 1 saturated carbocycles.